The van der Waals surface area contributed by atoms with Crippen LogP contribution in [0, 0.1) is 11.6 Å². The quantitative estimate of drug-likeness (QED) is 0.297. The summed E-state index contributed by atoms with van der Waals surface area (Å²) in [4.78, 5) is 23.8. The number of benzene rings is 1. The number of nitrogens with two attached hydrogens (primary N) is 1. The lowest BCUT2D eigenvalue weighted by Crippen LogP contribution is -2.47. The summed E-state index contributed by atoms with van der Waals surface area (Å²) in [6.07, 6.45) is 3.22. The summed E-state index contributed by atoms with van der Waals surface area (Å²) in [6.45, 7) is 2.69. The number of aliphatic carboxylic acids is 1. The monoisotopic (exact) mass is 539 g/mol. The first kappa shape index (κ1) is 24.5. The van der Waals surface area contributed by atoms with Gasteiger partial charge in [0.1, 0.15) is 5.82 Å². The van der Waals surface area contributed by atoms with Gasteiger partial charge in [0.2, 0.25) is 11.8 Å². The highest BCUT2D eigenvalue weighted by molar-refractivity contribution is 5.90. The fourth-order valence-corrected chi connectivity index (χ4v) is 4.59. The van der Waals surface area contributed by atoms with Crippen molar-refractivity contribution in [2.24, 2.45) is 0 Å². The predicted octanol–water partition coefficient (Wildman–Crippen LogP) is 1.88. The number of piperazine rings is 1. The third-order valence-corrected chi connectivity index (χ3v) is 6.53. The topological polar surface area (TPSA) is 153 Å². The number of hydrogen-bond acceptors (Lipinski definition) is 10. The van der Waals surface area contributed by atoms with Gasteiger partial charge < -0.3 is 24.9 Å². The van der Waals surface area contributed by atoms with Crippen LogP contribution in [0.1, 0.15) is 0 Å². The van der Waals surface area contributed by atoms with Crippen LogP contribution in [0.5, 0.6) is 5.75 Å². The number of ether oxygens (including phenoxy) is 1. The summed E-state index contributed by atoms with van der Waals surface area (Å²) < 4.78 is 42.1. The average Bonchev–Trinajstić information content (AvgIpc) is 3.67. The van der Waals surface area contributed by atoms with Gasteiger partial charge in [-0.2, -0.15) is 14.6 Å². The number of aromatic nitrogens is 6. The number of nitrogens with zero attached hydrogens (tertiary/aromatic N) is 8. The molecule has 202 valence electrons. The molecule has 15 heteroatoms. The van der Waals surface area contributed by atoms with Crippen molar-refractivity contribution in [3.63, 3.8) is 0 Å². The van der Waals surface area contributed by atoms with E-state index < -0.39 is 24.2 Å². The second-order valence-corrected chi connectivity index (χ2v) is 8.97. The lowest BCUT2D eigenvalue weighted by molar-refractivity contribution is -0.139. The lowest BCUT2D eigenvalue weighted by atomic mass is 10.2. The maximum atomic E-state index is 14.5. The SMILES string of the molecule is Nc1nc2c(cnn2CCN2CCN(c3cc(OCC(=O)O)c(F)cc3F)CC2)c2nc(-c3ccco3)nn12. The first-order valence-corrected chi connectivity index (χ1v) is 12.1. The largest absolute Gasteiger partial charge is 0.479 e. The predicted molar refractivity (Wildman–Crippen MR) is 134 cm³/mol. The minimum atomic E-state index is -1.25. The number of halogens is 2. The summed E-state index contributed by atoms with van der Waals surface area (Å²) in [7, 11) is 0. The summed E-state index contributed by atoms with van der Waals surface area (Å²) in [5, 5.41) is 18.4. The normalized spacial score (nSPS) is 14.5. The Morgan fingerprint density at radius 1 is 1.10 bits per heavy atom. The van der Waals surface area contributed by atoms with Crippen LogP contribution in [0.2, 0.25) is 0 Å². The smallest absolute Gasteiger partial charge is 0.341 e. The molecule has 5 aromatic rings. The third-order valence-electron chi connectivity index (χ3n) is 6.53. The van der Waals surface area contributed by atoms with Crippen LogP contribution in [-0.2, 0) is 11.3 Å². The summed E-state index contributed by atoms with van der Waals surface area (Å²) in [6, 6.07) is 5.43. The van der Waals surface area contributed by atoms with Crippen LogP contribution in [0.25, 0.3) is 28.3 Å². The molecule has 1 aromatic carbocycles. The molecule has 0 bridgehead atoms. The van der Waals surface area contributed by atoms with E-state index in [2.05, 4.69) is 25.1 Å². The first-order chi connectivity index (χ1) is 18.9. The highest BCUT2D eigenvalue weighted by atomic mass is 19.1. The van der Waals surface area contributed by atoms with Crippen molar-refractivity contribution < 1.29 is 27.8 Å². The molecule has 0 aliphatic carbocycles. The molecule has 13 nitrogen and oxygen atoms in total. The van der Waals surface area contributed by atoms with Gasteiger partial charge in [0.25, 0.3) is 0 Å². The maximum absolute atomic E-state index is 14.5. The average molecular weight is 540 g/mol. The first-order valence-electron chi connectivity index (χ1n) is 12.1. The molecule has 5 heterocycles. The van der Waals surface area contributed by atoms with Crippen molar-refractivity contribution in [2.45, 2.75) is 6.54 Å². The van der Waals surface area contributed by atoms with Gasteiger partial charge in [-0.1, -0.05) is 0 Å². The number of furan rings is 1. The number of nitrogen functional groups attached to an aromatic ring is 1. The van der Waals surface area contributed by atoms with E-state index in [1.807, 2.05) is 0 Å². The van der Waals surface area contributed by atoms with Crippen LogP contribution in [0.15, 0.2) is 41.1 Å². The molecule has 6 rings (SSSR count). The van der Waals surface area contributed by atoms with E-state index in [0.29, 0.717) is 73.6 Å². The molecule has 0 amide bonds. The van der Waals surface area contributed by atoms with Crippen molar-refractivity contribution in [3.8, 4) is 17.3 Å². The Balaban J connectivity index is 1.13. The minimum absolute atomic E-state index is 0.167. The summed E-state index contributed by atoms with van der Waals surface area (Å²) in [5.41, 5.74) is 7.44. The van der Waals surface area contributed by atoms with Gasteiger partial charge in [0.05, 0.1) is 30.1 Å². The van der Waals surface area contributed by atoms with Crippen molar-refractivity contribution in [2.75, 3.05) is 50.0 Å². The highest BCUT2D eigenvalue weighted by Gasteiger charge is 2.23. The van der Waals surface area contributed by atoms with Gasteiger partial charge in [0.15, 0.2) is 35.2 Å². The fraction of sp³-hybridized carbons (Fsp3) is 0.292. The molecule has 0 saturated carbocycles. The van der Waals surface area contributed by atoms with Gasteiger partial charge in [-0.3, -0.25) is 4.90 Å². The Kier molecular flexibility index (Phi) is 6.18. The number of carboxylic acids is 1. The molecule has 0 atom stereocenters. The molecular weight excluding hydrogens is 516 g/mol. The lowest BCUT2D eigenvalue weighted by Gasteiger charge is -2.36. The number of fused-ring (bicyclic) bond motifs is 3. The second kappa shape index (κ2) is 9.83. The molecule has 1 saturated heterocycles. The van der Waals surface area contributed by atoms with Crippen molar-refractivity contribution in [1.82, 2.24) is 34.3 Å². The van der Waals surface area contributed by atoms with E-state index in [-0.39, 0.29) is 17.4 Å². The Hall–Kier alpha value is -4.79. The Morgan fingerprint density at radius 2 is 1.92 bits per heavy atom. The van der Waals surface area contributed by atoms with E-state index >= 15 is 0 Å². The van der Waals surface area contributed by atoms with Gasteiger partial charge in [-0.25, -0.2) is 23.2 Å². The van der Waals surface area contributed by atoms with Crippen LogP contribution < -0.4 is 15.4 Å². The van der Waals surface area contributed by atoms with E-state index in [0.717, 1.165) is 0 Å². The second-order valence-electron chi connectivity index (χ2n) is 8.97. The zero-order valence-electron chi connectivity index (χ0n) is 20.5. The van der Waals surface area contributed by atoms with Crippen molar-refractivity contribution in [1.29, 1.82) is 0 Å². The van der Waals surface area contributed by atoms with Crippen LogP contribution in [0.4, 0.5) is 20.4 Å². The maximum Gasteiger partial charge on any atom is 0.341 e. The molecule has 0 spiro atoms. The molecular formula is C24H23F2N9O4. The molecule has 4 aromatic heterocycles. The molecule has 1 aliphatic heterocycles. The molecule has 0 radical (unpaired) electrons. The number of carboxylic acid groups (broad SMARTS) is 1. The summed E-state index contributed by atoms with van der Waals surface area (Å²) in [5.74, 6) is -2.14. The molecule has 39 heavy (non-hydrogen) atoms. The van der Waals surface area contributed by atoms with E-state index in [4.69, 9.17) is 20.0 Å². The number of carbonyl (C=O) groups is 1. The molecule has 1 fully saturated rings. The number of rotatable bonds is 8. The van der Waals surface area contributed by atoms with Crippen molar-refractivity contribution >= 4 is 34.3 Å². The van der Waals surface area contributed by atoms with Crippen LogP contribution >= 0.6 is 0 Å². The van der Waals surface area contributed by atoms with Gasteiger partial charge in [0, 0.05) is 44.9 Å². The molecule has 0 unspecified atom stereocenters. The van der Waals surface area contributed by atoms with E-state index in [1.165, 1.54) is 10.6 Å². The molecule has 1 aliphatic rings. The number of anilines is 2. The Bertz CT molecular complexity index is 1660. The number of hydrogen-bond donors (Lipinski definition) is 2. The van der Waals surface area contributed by atoms with Gasteiger partial charge >= 0.3 is 5.97 Å². The van der Waals surface area contributed by atoms with E-state index in [9.17, 15) is 13.6 Å². The fourth-order valence-electron chi connectivity index (χ4n) is 4.59. The zero-order chi connectivity index (χ0) is 27.1. The Morgan fingerprint density at radius 3 is 2.67 bits per heavy atom. The van der Waals surface area contributed by atoms with Crippen molar-refractivity contribution in [3.05, 3.63) is 48.4 Å². The van der Waals surface area contributed by atoms with E-state index in [1.54, 1.807) is 34.2 Å². The summed E-state index contributed by atoms with van der Waals surface area (Å²) >= 11 is 0. The van der Waals surface area contributed by atoms with Crippen LogP contribution in [0.3, 0.4) is 0 Å². The third kappa shape index (κ3) is 4.67. The van der Waals surface area contributed by atoms with Gasteiger partial charge in [-0.15, -0.1) is 5.10 Å². The van der Waals surface area contributed by atoms with Gasteiger partial charge in [-0.05, 0) is 12.1 Å². The highest BCUT2D eigenvalue weighted by Crippen LogP contribution is 2.29. The molecule has 3 N–H and O–H groups in total. The minimum Gasteiger partial charge on any atom is -0.479 e. The standard InChI is InChI=1S/C24H23F2N9O4/c25-15-10-16(26)19(39-13-20(36)37)11-17(15)33-6-3-32(4-7-33)5-8-34-22-14(12-28-34)23-29-21(18-2-1-9-38-18)31-35(23)24(27)30-22/h1-2,9-12H,3-8,13H2,(H2,27,30)(H,36,37). The Labute approximate surface area is 219 Å². The van der Waals surface area contributed by atoms with Crippen LogP contribution in [-0.4, -0.2) is 84.7 Å². The zero-order valence-corrected chi connectivity index (χ0v) is 20.5.